The molecule has 0 aliphatic heterocycles. The Kier molecular flexibility index (Phi) is 3.62. The van der Waals surface area contributed by atoms with Gasteiger partial charge in [-0.1, -0.05) is 0 Å². The lowest BCUT2D eigenvalue weighted by atomic mass is 10.2. The molecule has 0 aromatic heterocycles. The zero-order valence-corrected chi connectivity index (χ0v) is 8.23. The van der Waals surface area contributed by atoms with Crippen molar-refractivity contribution in [1.29, 1.82) is 0 Å². The summed E-state index contributed by atoms with van der Waals surface area (Å²) in [4.78, 5) is 10.2. The SMILES string of the molecule is O=C(O)/C=C/c1cc(OC(F)(F)F)ccc1O. The predicted octanol–water partition coefficient (Wildman–Crippen LogP) is 2.39. The van der Waals surface area contributed by atoms with Crippen molar-refractivity contribution in [1.82, 2.24) is 0 Å². The number of carboxylic acid groups (broad SMARTS) is 1. The number of phenols is 1. The van der Waals surface area contributed by atoms with Crippen molar-refractivity contribution in [2.24, 2.45) is 0 Å². The van der Waals surface area contributed by atoms with Gasteiger partial charge in [0.2, 0.25) is 0 Å². The molecule has 1 aromatic rings. The first-order valence-corrected chi connectivity index (χ1v) is 4.28. The Morgan fingerprint density at radius 3 is 2.53 bits per heavy atom. The molecule has 0 unspecified atom stereocenters. The predicted molar refractivity (Wildman–Crippen MR) is 51.5 cm³/mol. The topological polar surface area (TPSA) is 66.8 Å². The fourth-order valence-electron chi connectivity index (χ4n) is 1.02. The highest BCUT2D eigenvalue weighted by Gasteiger charge is 2.31. The molecule has 2 N–H and O–H groups in total. The second-order valence-corrected chi connectivity index (χ2v) is 2.94. The van der Waals surface area contributed by atoms with Crippen LogP contribution in [0.2, 0.25) is 0 Å². The normalized spacial score (nSPS) is 11.7. The summed E-state index contributed by atoms with van der Waals surface area (Å²) in [5.74, 6) is -2.18. The molecule has 0 fully saturated rings. The minimum atomic E-state index is -4.84. The van der Waals surface area contributed by atoms with Crippen LogP contribution in [-0.4, -0.2) is 22.5 Å². The lowest BCUT2D eigenvalue weighted by Gasteiger charge is -2.09. The van der Waals surface area contributed by atoms with Gasteiger partial charge in [0.05, 0.1) is 0 Å². The number of rotatable bonds is 3. The van der Waals surface area contributed by atoms with E-state index >= 15 is 0 Å². The Labute approximate surface area is 93.6 Å². The van der Waals surface area contributed by atoms with Gasteiger partial charge in [-0.15, -0.1) is 13.2 Å². The molecule has 0 aliphatic rings. The number of carboxylic acids is 1. The van der Waals surface area contributed by atoms with Crippen LogP contribution in [0.25, 0.3) is 6.08 Å². The number of alkyl halides is 3. The quantitative estimate of drug-likeness (QED) is 0.806. The van der Waals surface area contributed by atoms with Gasteiger partial charge in [-0.3, -0.25) is 0 Å². The molecule has 0 amide bonds. The number of halogens is 3. The number of hydrogen-bond acceptors (Lipinski definition) is 3. The van der Waals surface area contributed by atoms with Gasteiger partial charge in [-0.05, 0) is 24.3 Å². The van der Waals surface area contributed by atoms with Crippen LogP contribution in [-0.2, 0) is 4.79 Å². The van der Waals surface area contributed by atoms with Crippen LogP contribution in [0.15, 0.2) is 24.3 Å². The van der Waals surface area contributed by atoms with Crippen LogP contribution in [0.5, 0.6) is 11.5 Å². The maximum Gasteiger partial charge on any atom is 0.573 e. The smallest absolute Gasteiger partial charge is 0.507 e. The first kappa shape index (κ1) is 12.9. The Hall–Kier alpha value is -2.18. The van der Waals surface area contributed by atoms with Crippen molar-refractivity contribution in [3.05, 3.63) is 29.8 Å². The van der Waals surface area contributed by atoms with Crippen molar-refractivity contribution in [2.45, 2.75) is 6.36 Å². The Morgan fingerprint density at radius 2 is 2.00 bits per heavy atom. The van der Waals surface area contributed by atoms with Gasteiger partial charge in [-0.2, -0.15) is 0 Å². The molecule has 0 aliphatic carbocycles. The largest absolute Gasteiger partial charge is 0.573 e. The molecule has 17 heavy (non-hydrogen) atoms. The van der Waals surface area contributed by atoms with E-state index < -0.39 is 18.1 Å². The van der Waals surface area contributed by atoms with E-state index in [2.05, 4.69) is 4.74 Å². The number of aromatic hydroxyl groups is 1. The molecule has 92 valence electrons. The summed E-state index contributed by atoms with van der Waals surface area (Å²) in [6.07, 6.45) is -3.20. The van der Waals surface area contributed by atoms with E-state index in [0.717, 1.165) is 24.3 Å². The fourth-order valence-corrected chi connectivity index (χ4v) is 1.02. The van der Waals surface area contributed by atoms with Crippen LogP contribution in [0, 0.1) is 0 Å². The van der Waals surface area contributed by atoms with Crippen molar-refractivity contribution in [3.63, 3.8) is 0 Å². The lowest BCUT2D eigenvalue weighted by molar-refractivity contribution is -0.274. The number of phenolic OH excluding ortho intramolecular Hbond substituents is 1. The van der Waals surface area contributed by atoms with Gasteiger partial charge in [0.25, 0.3) is 0 Å². The fraction of sp³-hybridized carbons (Fsp3) is 0.100. The minimum absolute atomic E-state index is 0.0887. The van der Waals surface area contributed by atoms with E-state index in [-0.39, 0.29) is 11.3 Å². The van der Waals surface area contributed by atoms with Gasteiger partial charge in [0, 0.05) is 11.6 Å². The zero-order valence-electron chi connectivity index (χ0n) is 8.23. The number of aliphatic carboxylic acids is 1. The monoisotopic (exact) mass is 248 g/mol. The third-order valence-electron chi connectivity index (χ3n) is 1.64. The molecule has 0 saturated heterocycles. The lowest BCUT2D eigenvalue weighted by Crippen LogP contribution is -2.17. The summed E-state index contributed by atoms with van der Waals surface area (Å²) in [7, 11) is 0. The summed E-state index contributed by atoms with van der Waals surface area (Å²) >= 11 is 0. The van der Waals surface area contributed by atoms with Crippen LogP contribution in [0.4, 0.5) is 13.2 Å². The molecule has 0 saturated carbocycles. The maximum absolute atomic E-state index is 11.9. The molecule has 0 bridgehead atoms. The molecule has 1 aromatic carbocycles. The summed E-state index contributed by atoms with van der Waals surface area (Å²) in [6.45, 7) is 0. The summed E-state index contributed by atoms with van der Waals surface area (Å²) < 4.78 is 39.3. The number of hydrogen-bond donors (Lipinski definition) is 2. The van der Waals surface area contributed by atoms with E-state index in [0.29, 0.717) is 6.08 Å². The highest BCUT2D eigenvalue weighted by atomic mass is 19.4. The van der Waals surface area contributed by atoms with Gasteiger partial charge in [0.1, 0.15) is 11.5 Å². The van der Waals surface area contributed by atoms with E-state index in [1.54, 1.807) is 0 Å². The first-order valence-electron chi connectivity index (χ1n) is 4.28. The van der Waals surface area contributed by atoms with E-state index in [1.165, 1.54) is 0 Å². The summed E-state index contributed by atoms with van der Waals surface area (Å²) in [5.41, 5.74) is -0.0887. The van der Waals surface area contributed by atoms with Crippen molar-refractivity contribution in [2.75, 3.05) is 0 Å². The number of benzene rings is 1. The molecule has 7 heteroatoms. The molecule has 1 rings (SSSR count). The molecule has 4 nitrogen and oxygen atoms in total. The highest BCUT2D eigenvalue weighted by Crippen LogP contribution is 2.28. The molecule has 0 atom stereocenters. The minimum Gasteiger partial charge on any atom is -0.507 e. The van der Waals surface area contributed by atoms with Crippen molar-refractivity contribution >= 4 is 12.0 Å². The maximum atomic E-state index is 11.9. The third kappa shape index (κ3) is 4.45. The van der Waals surface area contributed by atoms with E-state index in [1.807, 2.05) is 0 Å². The number of carbonyl (C=O) groups is 1. The third-order valence-corrected chi connectivity index (χ3v) is 1.64. The second-order valence-electron chi connectivity index (χ2n) is 2.94. The molecule has 0 heterocycles. The average Bonchev–Trinajstić information content (AvgIpc) is 2.16. The van der Waals surface area contributed by atoms with Gasteiger partial charge < -0.3 is 14.9 Å². The first-order chi connectivity index (χ1) is 7.78. The van der Waals surface area contributed by atoms with Gasteiger partial charge in [-0.25, -0.2) is 4.79 Å². The van der Waals surface area contributed by atoms with Crippen LogP contribution >= 0.6 is 0 Å². The molecule has 0 radical (unpaired) electrons. The van der Waals surface area contributed by atoms with Crippen molar-refractivity contribution in [3.8, 4) is 11.5 Å². The highest BCUT2D eigenvalue weighted by molar-refractivity contribution is 5.86. The average molecular weight is 248 g/mol. The van der Waals surface area contributed by atoms with Crippen molar-refractivity contribution < 1.29 is 32.9 Å². The van der Waals surface area contributed by atoms with Crippen LogP contribution in [0.3, 0.4) is 0 Å². The molecular formula is C10H7F3O4. The summed E-state index contributed by atoms with van der Waals surface area (Å²) in [6, 6.07) is 2.77. The number of ether oxygens (including phenoxy) is 1. The molecule has 0 spiro atoms. The van der Waals surface area contributed by atoms with Crippen LogP contribution < -0.4 is 4.74 Å². The Balaban J connectivity index is 2.98. The van der Waals surface area contributed by atoms with Crippen LogP contribution in [0.1, 0.15) is 5.56 Å². The second kappa shape index (κ2) is 4.77. The summed E-state index contributed by atoms with van der Waals surface area (Å²) in [5, 5.41) is 17.6. The van der Waals surface area contributed by atoms with Gasteiger partial charge >= 0.3 is 12.3 Å². The Morgan fingerprint density at radius 1 is 1.35 bits per heavy atom. The van der Waals surface area contributed by atoms with Gasteiger partial charge in [0.15, 0.2) is 0 Å². The Bertz CT molecular complexity index is 451. The van der Waals surface area contributed by atoms with E-state index in [4.69, 9.17) is 5.11 Å². The molecular weight excluding hydrogens is 241 g/mol. The zero-order chi connectivity index (χ0) is 13.1. The standard InChI is InChI=1S/C10H7F3O4/c11-10(12,13)17-7-2-3-8(14)6(5-7)1-4-9(15)16/h1-5,14H,(H,15,16)/b4-1+. The van der Waals surface area contributed by atoms with E-state index in [9.17, 15) is 23.1 Å².